The van der Waals surface area contributed by atoms with Crippen LogP contribution in [0.3, 0.4) is 0 Å². The van der Waals surface area contributed by atoms with Crippen molar-refractivity contribution in [2.24, 2.45) is 0 Å². The molecule has 0 amide bonds. The fourth-order valence-corrected chi connectivity index (χ4v) is 16.0. The topological polar surface area (TPSA) is 42.9 Å². The van der Waals surface area contributed by atoms with E-state index in [-0.39, 0.29) is 6.71 Å². The third-order valence-corrected chi connectivity index (χ3v) is 19.2. The quantitative estimate of drug-likeness (QED) is 0.128. The van der Waals surface area contributed by atoms with Crippen LogP contribution in [0.2, 0.25) is 0 Å². The lowest BCUT2D eigenvalue weighted by Crippen LogP contribution is -2.59. The Labute approximate surface area is 442 Å². The number of hydrogen-bond acceptors (Lipinski definition) is 3. The van der Waals surface area contributed by atoms with Crippen LogP contribution in [0.25, 0.3) is 150 Å². The summed E-state index contributed by atoms with van der Waals surface area (Å²) in [6.07, 6.45) is 0. The largest absolute Gasteiger partial charge is 0.320 e. The van der Waals surface area contributed by atoms with Gasteiger partial charge in [0.1, 0.15) is 6.07 Å². The van der Waals surface area contributed by atoms with Gasteiger partial charge in [0.15, 0.2) is 0 Å². The first-order valence-electron chi connectivity index (χ1n) is 25.6. The zero-order valence-corrected chi connectivity index (χ0v) is 41.9. The van der Waals surface area contributed by atoms with E-state index in [0.29, 0.717) is 16.9 Å². The van der Waals surface area contributed by atoms with Gasteiger partial charge in [-0.2, -0.15) is 5.26 Å². The summed E-state index contributed by atoms with van der Waals surface area (Å²) in [4.78, 5) is 4.67. The molecule has 0 spiro atoms. The maximum absolute atomic E-state index is 12.2. The molecular weight excluding hydrogens is 962 g/mol. The number of nitrogens with zero attached hydrogens (tertiary/aromatic N) is 5. The van der Waals surface area contributed by atoms with Crippen LogP contribution in [-0.4, -0.2) is 20.4 Å². The van der Waals surface area contributed by atoms with Gasteiger partial charge in [-0.25, -0.2) is 4.85 Å². The molecule has 76 heavy (non-hydrogen) atoms. The van der Waals surface area contributed by atoms with Crippen LogP contribution in [0.4, 0.5) is 5.69 Å². The first kappa shape index (κ1) is 40.7. The first-order valence-corrected chi connectivity index (χ1v) is 27.2. The molecule has 16 aromatic rings. The Kier molecular flexibility index (Phi) is 7.79. The van der Waals surface area contributed by atoms with Gasteiger partial charge in [0, 0.05) is 83.7 Å². The molecule has 8 heteroatoms. The normalized spacial score (nSPS) is 12.7. The third kappa shape index (κ3) is 5.03. The molecule has 0 radical (unpaired) electrons. The zero-order valence-electron chi connectivity index (χ0n) is 40.3. The lowest BCUT2D eigenvalue weighted by molar-refractivity contribution is 1.10. The van der Waals surface area contributed by atoms with Gasteiger partial charge in [0.2, 0.25) is 5.69 Å². The maximum atomic E-state index is 12.2. The van der Waals surface area contributed by atoms with E-state index in [4.69, 9.17) is 0 Å². The average molecular weight is 996 g/mol. The van der Waals surface area contributed by atoms with Gasteiger partial charge < -0.3 is 13.7 Å². The van der Waals surface area contributed by atoms with Crippen LogP contribution < -0.4 is 16.4 Å². The highest BCUT2D eigenvalue weighted by Gasteiger charge is 2.44. The Hall–Kier alpha value is -9.70. The second-order valence-electron chi connectivity index (χ2n) is 20.4. The number of para-hydroxylation sites is 4. The lowest BCUT2D eigenvalue weighted by atomic mass is 9.34. The summed E-state index contributed by atoms with van der Waals surface area (Å²) in [5.41, 5.74) is 17.2. The van der Waals surface area contributed by atoms with Crippen LogP contribution in [0, 0.1) is 17.9 Å². The van der Waals surface area contributed by atoms with E-state index in [9.17, 15) is 11.8 Å². The van der Waals surface area contributed by atoms with Gasteiger partial charge in [-0.15, -0.1) is 22.7 Å². The average Bonchev–Trinajstić information content (AvgIpc) is 4.34. The van der Waals surface area contributed by atoms with Gasteiger partial charge in [-0.3, -0.25) is 0 Å². The van der Waals surface area contributed by atoms with Gasteiger partial charge in [0.25, 0.3) is 6.71 Å². The van der Waals surface area contributed by atoms with Gasteiger partial charge in [-0.1, -0.05) is 133 Å². The number of thiophene rings is 2. The summed E-state index contributed by atoms with van der Waals surface area (Å²) >= 11 is 3.66. The van der Waals surface area contributed by atoms with E-state index in [1.807, 2.05) is 22.7 Å². The summed E-state index contributed by atoms with van der Waals surface area (Å²) < 4.78 is 12.1. The van der Waals surface area contributed by atoms with Crippen LogP contribution >= 0.6 is 22.7 Å². The van der Waals surface area contributed by atoms with E-state index in [0.717, 1.165) is 105 Å². The second kappa shape index (κ2) is 14.5. The standard InChI is InChI=1S/C68H34BN5S2/c1-71-63-67(51(36-70)66-62-68(63)74-55-21-7-3-13-42(55)46-17-11-19-53(65(46)74)69(62)52-18-10-16-45-41-12-2-6-20-54(41)73(66)64(45)52)72-56-28-24-37(39-26-30-60-49(34-39)43-14-4-8-22-58(43)75-60)32-47(56)48-33-38(25-29-57(48)72)40-27-31-61-50(35-40)44-15-5-9-23-59(44)76-61/h2-35H. The van der Waals surface area contributed by atoms with Crippen LogP contribution in [0.1, 0.15) is 5.56 Å². The highest BCUT2D eigenvalue weighted by atomic mass is 32.1. The number of rotatable bonds is 3. The predicted molar refractivity (Wildman–Crippen MR) is 322 cm³/mol. The molecule has 0 bridgehead atoms. The number of hydrogen-bond donors (Lipinski definition) is 0. The SMILES string of the molecule is [C-]#[N+]c1c(-n2c3ccc(-c4ccc5sc6ccccc6c5c4)cc3c3cc(-c4ccc5sc6ccccc6c5c4)ccc32)c(C#N)c2c3c1-n1c4ccccc4c4cccc(c41)B3c1cccc3c4ccccc4n-2c13. The number of fused-ring (bicyclic) bond motifs is 19. The number of aromatic nitrogens is 3. The molecular formula is C68H34BN5S2. The minimum atomic E-state index is -0.230. The Bertz CT molecular complexity index is 5140. The zero-order chi connectivity index (χ0) is 49.7. The van der Waals surface area contributed by atoms with E-state index < -0.39 is 0 Å². The van der Waals surface area contributed by atoms with Gasteiger partial charge in [-0.05, 0) is 111 Å². The molecule has 5 aromatic heterocycles. The van der Waals surface area contributed by atoms with Crippen LogP contribution in [0.15, 0.2) is 206 Å². The molecule has 0 saturated carbocycles. The molecule has 346 valence electrons. The number of benzene rings is 11. The summed E-state index contributed by atoms with van der Waals surface area (Å²) in [5.74, 6) is 0. The lowest BCUT2D eigenvalue weighted by Gasteiger charge is -2.36. The van der Waals surface area contributed by atoms with Crippen LogP contribution in [0.5, 0.6) is 0 Å². The third-order valence-electron chi connectivity index (χ3n) is 16.9. The summed E-state index contributed by atoms with van der Waals surface area (Å²) in [6, 6.07) is 78.0. The van der Waals surface area contributed by atoms with Crippen molar-refractivity contribution in [2.75, 3.05) is 0 Å². The van der Waals surface area contributed by atoms with Gasteiger partial charge >= 0.3 is 0 Å². The molecule has 7 heterocycles. The molecule has 18 rings (SSSR count). The molecule has 2 aliphatic heterocycles. The van der Waals surface area contributed by atoms with E-state index in [2.05, 4.69) is 231 Å². The smallest absolute Gasteiger partial charge is 0.250 e. The molecule has 0 unspecified atom stereocenters. The first-order chi connectivity index (χ1) is 37.6. The molecule has 5 nitrogen and oxygen atoms in total. The Morgan fingerprint density at radius 2 is 0.803 bits per heavy atom. The maximum Gasteiger partial charge on any atom is 0.250 e. The summed E-state index contributed by atoms with van der Waals surface area (Å²) in [7, 11) is 0. The molecule has 0 N–H and O–H groups in total. The monoisotopic (exact) mass is 995 g/mol. The van der Waals surface area contributed by atoms with Crippen LogP contribution in [-0.2, 0) is 0 Å². The molecule has 0 aliphatic carbocycles. The van der Waals surface area contributed by atoms with Crippen molar-refractivity contribution >= 4 is 157 Å². The van der Waals surface area contributed by atoms with Gasteiger partial charge in [0.05, 0.1) is 51.3 Å². The van der Waals surface area contributed by atoms with Crippen molar-refractivity contribution in [2.45, 2.75) is 0 Å². The van der Waals surface area contributed by atoms with Crippen molar-refractivity contribution in [1.29, 1.82) is 5.26 Å². The molecule has 0 saturated heterocycles. The minimum absolute atomic E-state index is 0.230. The Morgan fingerprint density at radius 1 is 0.382 bits per heavy atom. The molecule has 11 aromatic carbocycles. The van der Waals surface area contributed by atoms with E-state index in [1.165, 1.54) is 51.3 Å². The van der Waals surface area contributed by atoms with E-state index in [1.54, 1.807) is 0 Å². The molecule has 2 aliphatic rings. The van der Waals surface area contributed by atoms with Crippen molar-refractivity contribution in [3.05, 3.63) is 223 Å². The highest BCUT2D eigenvalue weighted by molar-refractivity contribution is 7.26. The predicted octanol–water partition coefficient (Wildman–Crippen LogP) is 16.6. The number of nitriles is 1. The second-order valence-corrected chi connectivity index (χ2v) is 22.6. The van der Waals surface area contributed by atoms with Crippen molar-refractivity contribution in [1.82, 2.24) is 13.7 Å². The Morgan fingerprint density at radius 3 is 1.32 bits per heavy atom. The minimum Gasteiger partial charge on any atom is -0.320 e. The van der Waals surface area contributed by atoms with Crippen molar-refractivity contribution in [3.63, 3.8) is 0 Å². The fraction of sp³-hybridized carbons (Fsp3) is 0. The fourth-order valence-electron chi connectivity index (χ4n) is 13.8. The van der Waals surface area contributed by atoms with E-state index >= 15 is 0 Å². The molecule has 0 atom stereocenters. The summed E-state index contributed by atoms with van der Waals surface area (Å²) in [5, 5.41) is 23.9. The van der Waals surface area contributed by atoms with Crippen molar-refractivity contribution in [3.8, 4) is 45.4 Å². The highest BCUT2D eigenvalue weighted by Crippen LogP contribution is 2.49. The summed E-state index contributed by atoms with van der Waals surface area (Å²) in [6.45, 7) is 9.29. The van der Waals surface area contributed by atoms with Crippen molar-refractivity contribution < 1.29 is 0 Å². The molecule has 0 fully saturated rings. The Balaban J connectivity index is 0.994.